The van der Waals surface area contributed by atoms with Gasteiger partial charge in [0.15, 0.2) is 5.96 Å². The molecule has 6 heteroatoms. The van der Waals surface area contributed by atoms with E-state index < -0.39 is 0 Å². The van der Waals surface area contributed by atoms with Crippen LogP contribution in [0.4, 0.5) is 5.69 Å². The van der Waals surface area contributed by atoms with Gasteiger partial charge in [-0.15, -0.1) is 24.0 Å². The van der Waals surface area contributed by atoms with Crippen LogP contribution in [-0.2, 0) is 13.1 Å². The monoisotopic (exact) mass is 482 g/mol. The number of aryl methyl sites for hydroxylation is 1. The van der Waals surface area contributed by atoms with Gasteiger partial charge in [-0.05, 0) is 43.2 Å². The summed E-state index contributed by atoms with van der Waals surface area (Å²) in [6, 6.07) is 14.5. The Kier molecular flexibility index (Phi) is 9.99. The molecular weight excluding hydrogens is 451 g/mol. The van der Waals surface area contributed by atoms with Crippen LogP contribution in [0.25, 0.3) is 0 Å². The van der Waals surface area contributed by atoms with E-state index in [0.717, 1.165) is 30.4 Å². The Morgan fingerprint density at radius 2 is 1.81 bits per heavy atom. The van der Waals surface area contributed by atoms with E-state index in [1.165, 1.54) is 16.8 Å². The number of para-hydroxylation sites is 1. The second-order valence-electron chi connectivity index (χ2n) is 6.37. The molecule has 2 aromatic rings. The molecule has 0 saturated heterocycles. The van der Waals surface area contributed by atoms with Crippen LogP contribution in [-0.4, -0.2) is 33.7 Å². The van der Waals surface area contributed by atoms with Gasteiger partial charge in [-0.25, -0.2) is 4.99 Å². The summed E-state index contributed by atoms with van der Waals surface area (Å²) in [7, 11) is 5.80. The van der Waals surface area contributed by atoms with E-state index in [2.05, 4.69) is 66.7 Å². The standard InChI is InChI=1S/C21H30N4O.HI/c1-6-22-21(24-15-18-9-7-8-10-20(18)26-5)23-14-17-11-12-19(25(3)4)13-16(17)2;/h7-13H,6,14-15H2,1-5H3,(H2,22,23,24);1H. The third-order valence-corrected chi connectivity index (χ3v) is 4.23. The van der Waals surface area contributed by atoms with Gasteiger partial charge >= 0.3 is 0 Å². The number of nitrogens with one attached hydrogen (secondary N) is 2. The maximum atomic E-state index is 5.40. The topological polar surface area (TPSA) is 48.9 Å². The fraction of sp³-hybridized carbons (Fsp3) is 0.381. The summed E-state index contributed by atoms with van der Waals surface area (Å²) in [5.41, 5.74) is 4.81. The van der Waals surface area contributed by atoms with E-state index in [-0.39, 0.29) is 24.0 Å². The third-order valence-electron chi connectivity index (χ3n) is 4.23. The number of benzene rings is 2. The predicted octanol–water partition coefficient (Wildman–Crippen LogP) is 3.94. The van der Waals surface area contributed by atoms with Crippen LogP contribution in [0.15, 0.2) is 47.5 Å². The summed E-state index contributed by atoms with van der Waals surface area (Å²) in [6.45, 7) is 6.33. The van der Waals surface area contributed by atoms with Crippen molar-refractivity contribution in [1.29, 1.82) is 0 Å². The number of halogens is 1. The van der Waals surface area contributed by atoms with Gasteiger partial charge in [0.25, 0.3) is 0 Å². The predicted molar refractivity (Wildman–Crippen MR) is 126 cm³/mol. The van der Waals surface area contributed by atoms with E-state index in [9.17, 15) is 0 Å². The highest BCUT2D eigenvalue weighted by atomic mass is 127. The Balaban J connectivity index is 0.00000364. The minimum absolute atomic E-state index is 0. The Morgan fingerprint density at radius 1 is 1.07 bits per heavy atom. The SMILES string of the molecule is CCNC(=NCc1ccccc1OC)NCc1ccc(N(C)C)cc1C.I. The molecule has 0 aliphatic heterocycles. The van der Waals surface area contributed by atoms with Gasteiger partial charge in [0.1, 0.15) is 5.75 Å². The molecule has 148 valence electrons. The molecule has 2 rings (SSSR count). The van der Waals surface area contributed by atoms with Crippen molar-refractivity contribution in [3.8, 4) is 5.75 Å². The summed E-state index contributed by atoms with van der Waals surface area (Å²) in [5, 5.41) is 6.72. The molecule has 0 fully saturated rings. The van der Waals surface area contributed by atoms with E-state index in [1.807, 2.05) is 24.3 Å². The lowest BCUT2D eigenvalue weighted by Crippen LogP contribution is -2.37. The Bertz CT molecular complexity index is 747. The first-order valence-corrected chi connectivity index (χ1v) is 8.96. The Labute approximate surface area is 180 Å². The fourth-order valence-electron chi connectivity index (χ4n) is 2.68. The highest BCUT2D eigenvalue weighted by Crippen LogP contribution is 2.18. The Morgan fingerprint density at radius 3 is 2.44 bits per heavy atom. The average molecular weight is 482 g/mol. The largest absolute Gasteiger partial charge is 0.496 e. The molecule has 5 nitrogen and oxygen atoms in total. The zero-order valence-corrected chi connectivity index (χ0v) is 19.2. The number of guanidine groups is 1. The highest BCUT2D eigenvalue weighted by Gasteiger charge is 2.05. The van der Waals surface area contributed by atoms with Gasteiger partial charge in [0.05, 0.1) is 13.7 Å². The number of nitrogens with zero attached hydrogens (tertiary/aromatic N) is 2. The van der Waals surface area contributed by atoms with Gasteiger partial charge in [0, 0.05) is 38.4 Å². The molecule has 0 bridgehead atoms. The van der Waals surface area contributed by atoms with E-state index in [0.29, 0.717) is 6.54 Å². The van der Waals surface area contributed by atoms with Crippen molar-refractivity contribution < 1.29 is 4.74 Å². The molecule has 27 heavy (non-hydrogen) atoms. The van der Waals surface area contributed by atoms with Gasteiger partial charge in [-0.1, -0.05) is 24.3 Å². The number of ether oxygens (including phenoxy) is 1. The molecule has 0 spiro atoms. The first-order chi connectivity index (χ1) is 12.5. The summed E-state index contributed by atoms with van der Waals surface area (Å²) >= 11 is 0. The van der Waals surface area contributed by atoms with Gasteiger partial charge in [0.2, 0.25) is 0 Å². The number of rotatable bonds is 7. The van der Waals surface area contributed by atoms with E-state index in [1.54, 1.807) is 7.11 Å². The second-order valence-corrected chi connectivity index (χ2v) is 6.37. The summed E-state index contributed by atoms with van der Waals surface area (Å²) in [6.07, 6.45) is 0. The molecule has 0 aliphatic rings. The van der Waals surface area contributed by atoms with Crippen LogP contribution in [0.1, 0.15) is 23.6 Å². The summed E-state index contributed by atoms with van der Waals surface area (Å²) in [5.74, 6) is 1.66. The quantitative estimate of drug-likeness (QED) is 0.357. The maximum Gasteiger partial charge on any atom is 0.191 e. The number of anilines is 1. The van der Waals surface area contributed by atoms with Crippen LogP contribution in [0.3, 0.4) is 0 Å². The lowest BCUT2D eigenvalue weighted by Gasteiger charge is -2.16. The maximum absolute atomic E-state index is 5.40. The van der Waals surface area contributed by atoms with Crippen molar-refractivity contribution in [3.05, 3.63) is 59.2 Å². The summed E-state index contributed by atoms with van der Waals surface area (Å²) in [4.78, 5) is 6.80. The van der Waals surface area contributed by atoms with Crippen LogP contribution < -0.4 is 20.3 Å². The summed E-state index contributed by atoms with van der Waals surface area (Å²) < 4.78 is 5.40. The third kappa shape index (κ3) is 6.93. The van der Waals surface area contributed by atoms with Crippen molar-refractivity contribution in [2.45, 2.75) is 26.9 Å². The van der Waals surface area contributed by atoms with Crippen molar-refractivity contribution in [2.24, 2.45) is 4.99 Å². The molecule has 0 amide bonds. The highest BCUT2D eigenvalue weighted by molar-refractivity contribution is 14.0. The molecule has 2 N–H and O–H groups in total. The number of hydrogen-bond donors (Lipinski definition) is 2. The number of aliphatic imine (C=N–C) groups is 1. The lowest BCUT2D eigenvalue weighted by molar-refractivity contribution is 0.410. The van der Waals surface area contributed by atoms with Gasteiger partial charge < -0.3 is 20.3 Å². The van der Waals surface area contributed by atoms with Crippen molar-refractivity contribution >= 4 is 35.6 Å². The van der Waals surface area contributed by atoms with Gasteiger partial charge in [-0.3, -0.25) is 0 Å². The van der Waals surface area contributed by atoms with Crippen LogP contribution in [0.5, 0.6) is 5.75 Å². The molecular formula is C21H31IN4O. The van der Waals surface area contributed by atoms with E-state index in [4.69, 9.17) is 4.74 Å². The van der Waals surface area contributed by atoms with E-state index >= 15 is 0 Å². The fourth-order valence-corrected chi connectivity index (χ4v) is 2.68. The average Bonchev–Trinajstić information content (AvgIpc) is 2.64. The molecule has 0 heterocycles. The molecule has 0 atom stereocenters. The van der Waals surface area contributed by atoms with Crippen molar-refractivity contribution in [1.82, 2.24) is 10.6 Å². The molecule has 0 aliphatic carbocycles. The van der Waals surface area contributed by atoms with Crippen LogP contribution >= 0.6 is 24.0 Å². The lowest BCUT2D eigenvalue weighted by atomic mass is 10.1. The first kappa shape index (κ1) is 23.1. The minimum Gasteiger partial charge on any atom is -0.496 e. The molecule has 0 aromatic heterocycles. The van der Waals surface area contributed by atoms with Crippen LogP contribution in [0.2, 0.25) is 0 Å². The second kappa shape index (κ2) is 11.7. The minimum atomic E-state index is 0. The molecule has 0 radical (unpaired) electrons. The zero-order valence-electron chi connectivity index (χ0n) is 16.9. The zero-order chi connectivity index (χ0) is 18.9. The number of methoxy groups -OCH3 is 1. The number of hydrogen-bond acceptors (Lipinski definition) is 3. The van der Waals surface area contributed by atoms with Crippen LogP contribution in [0, 0.1) is 6.92 Å². The molecule has 0 unspecified atom stereocenters. The molecule has 0 saturated carbocycles. The Hall–Kier alpha value is -1.96. The van der Waals surface area contributed by atoms with Gasteiger partial charge in [-0.2, -0.15) is 0 Å². The smallest absolute Gasteiger partial charge is 0.191 e. The first-order valence-electron chi connectivity index (χ1n) is 8.96. The van der Waals surface area contributed by atoms with Crippen molar-refractivity contribution in [3.63, 3.8) is 0 Å². The normalized spacial score (nSPS) is 10.8. The van der Waals surface area contributed by atoms with Crippen molar-refractivity contribution in [2.75, 3.05) is 32.6 Å². The molecule has 2 aromatic carbocycles.